The Morgan fingerprint density at radius 2 is 1.65 bits per heavy atom. The van der Waals surface area contributed by atoms with Crippen LogP contribution in [0.2, 0.25) is 0 Å². The van der Waals surface area contributed by atoms with E-state index in [1.165, 1.54) is 0 Å². The first-order valence-corrected chi connectivity index (χ1v) is 7.34. The van der Waals surface area contributed by atoms with Crippen molar-refractivity contribution in [3.8, 4) is 11.5 Å². The number of hydrogen-bond donors (Lipinski definition) is 1. The highest BCUT2D eigenvalue weighted by atomic mass is 16.5. The molecule has 0 saturated carbocycles. The summed E-state index contributed by atoms with van der Waals surface area (Å²) < 4.78 is 10.7. The summed E-state index contributed by atoms with van der Waals surface area (Å²) >= 11 is 0. The first-order chi connectivity index (χ1) is 11.1. The van der Waals surface area contributed by atoms with E-state index in [0.717, 1.165) is 0 Å². The van der Waals surface area contributed by atoms with Gasteiger partial charge in [-0.2, -0.15) is 0 Å². The molecule has 0 aromatic heterocycles. The van der Waals surface area contributed by atoms with Crippen LogP contribution in [0.1, 0.15) is 13.8 Å². The first kappa shape index (κ1) is 16.5. The van der Waals surface area contributed by atoms with Crippen LogP contribution >= 0.6 is 0 Å². The fraction of sp³-hybridized carbons (Fsp3) is 0.222. The number of nitrogens with one attached hydrogen (secondary N) is 1. The van der Waals surface area contributed by atoms with Gasteiger partial charge in [-0.1, -0.05) is 44.2 Å². The Morgan fingerprint density at radius 1 is 1.00 bits per heavy atom. The van der Waals surface area contributed by atoms with Gasteiger partial charge in [0.05, 0.1) is 11.6 Å². The zero-order chi connectivity index (χ0) is 16.7. The average Bonchev–Trinajstić information content (AvgIpc) is 2.55. The molecule has 0 fully saturated rings. The second-order valence-electron chi connectivity index (χ2n) is 5.22. The van der Waals surface area contributed by atoms with Gasteiger partial charge in [-0.3, -0.25) is 9.59 Å². The molecule has 2 rings (SSSR count). The van der Waals surface area contributed by atoms with Gasteiger partial charge in [0.15, 0.2) is 12.4 Å². The highest BCUT2D eigenvalue weighted by Gasteiger charge is 2.13. The Labute approximate surface area is 135 Å². The van der Waals surface area contributed by atoms with Gasteiger partial charge in [-0.25, -0.2) is 0 Å². The summed E-state index contributed by atoms with van der Waals surface area (Å²) in [7, 11) is 0. The largest absolute Gasteiger partial charge is 0.455 e. The van der Waals surface area contributed by atoms with Gasteiger partial charge in [-0.05, 0) is 24.3 Å². The highest BCUT2D eigenvalue weighted by molar-refractivity contribution is 5.94. The third-order valence-electron chi connectivity index (χ3n) is 2.95. The summed E-state index contributed by atoms with van der Waals surface area (Å²) in [5, 5.41) is 2.68. The lowest BCUT2D eigenvalue weighted by atomic mass is 10.2. The van der Waals surface area contributed by atoms with E-state index in [1.54, 1.807) is 32.0 Å². The minimum absolute atomic E-state index is 0.267. The zero-order valence-electron chi connectivity index (χ0n) is 13.1. The van der Waals surface area contributed by atoms with Gasteiger partial charge in [-0.15, -0.1) is 0 Å². The molecule has 23 heavy (non-hydrogen) atoms. The second-order valence-corrected chi connectivity index (χ2v) is 5.22. The van der Waals surface area contributed by atoms with E-state index < -0.39 is 11.9 Å². The minimum Gasteiger partial charge on any atom is -0.455 e. The number of amides is 1. The van der Waals surface area contributed by atoms with E-state index in [9.17, 15) is 9.59 Å². The maximum Gasteiger partial charge on any atom is 0.308 e. The van der Waals surface area contributed by atoms with E-state index in [1.807, 2.05) is 36.4 Å². The summed E-state index contributed by atoms with van der Waals surface area (Å²) in [6.45, 7) is 3.10. The Morgan fingerprint density at radius 3 is 2.35 bits per heavy atom. The maximum atomic E-state index is 11.9. The number of rotatable bonds is 6. The number of carbonyl (C=O) groups excluding carboxylic acids is 2. The summed E-state index contributed by atoms with van der Waals surface area (Å²) in [6, 6.07) is 16.3. The Hall–Kier alpha value is -2.82. The van der Waals surface area contributed by atoms with Gasteiger partial charge in [0, 0.05) is 0 Å². The Kier molecular flexibility index (Phi) is 5.74. The van der Waals surface area contributed by atoms with Crippen molar-refractivity contribution in [3.05, 3.63) is 54.6 Å². The molecule has 0 radical (unpaired) electrons. The van der Waals surface area contributed by atoms with Crippen LogP contribution in [-0.4, -0.2) is 18.5 Å². The molecular weight excluding hydrogens is 294 g/mol. The Bertz CT molecular complexity index is 668. The molecule has 0 heterocycles. The van der Waals surface area contributed by atoms with Gasteiger partial charge in [0.25, 0.3) is 5.91 Å². The van der Waals surface area contributed by atoms with Crippen molar-refractivity contribution in [2.45, 2.75) is 13.8 Å². The molecule has 0 saturated heterocycles. The van der Waals surface area contributed by atoms with Crippen molar-refractivity contribution in [1.82, 2.24) is 0 Å². The molecule has 5 heteroatoms. The van der Waals surface area contributed by atoms with Crippen molar-refractivity contribution >= 4 is 17.6 Å². The fourth-order valence-electron chi connectivity index (χ4n) is 1.76. The number of hydrogen-bond acceptors (Lipinski definition) is 4. The molecule has 0 aliphatic carbocycles. The summed E-state index contributed by atoms with van der Waals surface area (Å²) in [5.41, 5.74) is 0.516. The summed E-state index contributed by atoms with van der Waals surface area (Å²) in [4.78, 5) is 23.3. The Balaban J connectivity index is 2.00. The van der Waals surface area contributed by atoms with Crippen LogP contribution in [0.3, 0.4) is 0 Å². The van der Waals surface area contributed by atoms with Crippen LogP contribution in [0.5, 0.6) is 11.5 Å². The number of carbonyl (C=O) groups is 2. The monoisotopic (exact) mass is 313 g/mol. The molecule has 0 unspecified atom stereocenters. The van der Waals surface area contributed by atoms with Crippen molar-refractivity contribution in [1.29, 1.82) is 0 Å². The number of para-hydroxylation sites is 3. The predicted molar refractivity (Wildman–Crippen MR) is 87.4 cm³/mol. The van der Waals surface area contributed by atoms with E-state index in [-0.39, 0.29) is 12.5 Å². The van der Waals surface area contributed by atoms with Gasteiger partial charge < -0.3 is 14.8 Å². The molecule has 0 bridgehead atoms. The highest BCUT2D eigenvalue weighted by Crippen LogP contribution is 2.28. The van der Waals surface area contributed by atoms with Crippen LogP contribution in [-0.2, 0) is 14.3 Å². The molecule has 120 valence electrons. The second kappa shape index (κ2) is 7.98. The third-order valence-corrected chi connectivity index (χ3v) is 2.95. The van der Waals surface area contributed by atoms with Crippen LogP contribution in [0.25, 0.3) is 0 Å². The average molecular weight is 313 g/mol. The van der Waals surface area contributed by atoms with Crippen LogP contribution < -0.4 is 10.1 Å². The van der Waals surface area contributed by atoms with E-state index in [2.05, 4.69) is 5.32 Å². The topological polar surface area (TPSA) is 64.6 Å². The number of anilines is 1. The number of esters is 1. The molecule has 0 aliphatic heterocycles. The van der Waals surface area contributed by atoms with Crippen molar-refractivity contribution < 1.29 is 19.1 Å². The molecule has 1 N–H and O–H groups in total. The van der Waals surface area contributed by atoms with Crippen LogP contribution in [0.15, 0.2) is 54.6 Å². The van der Waals surface area contributed by atoms with Crippen molar-refractivity contribution in [3.63, 3.8) is 0 Å². The zero-order valence-corrected chi connectivity index (χ0v) is 13.1. The van der Waals surface area contributed by atoms with E-state index in [0.29, 0.717) is 17.2 Å². The van der Waals surface area contributed by atoms with Crippen LogP contribution in [0, 0.1) is 5.92 Å². The number of benzene rings is 2. The third kappa shape index (κ3) is 5.14. The lowest BCUT2D eigenvalue weighted by Gasteiger charge is -2.12. The first-order valence-electron chi connectivity index (χ1n) is 7.34. The van der Waals surface area contributed by atoms with E-state index in [4.69, 9.17) is 9.47 Å². The van der Waals surface area contributed by atoms with Crippen LogP contribution in [0.4, 0.5) is 5.69 Å². The van der Waals surface area contributed by atoms with Gasteiger partial charge >= 0.3 is 5.97 Å². The molecule has 2 aromatic rings. The normalized spacial score (nSPS) is 10.2. The van der Waals surface area contributed by atoms with Gasteiger partial charge in [0.2, 0.25) is 0 Å². The SMILES string of the molecule is CC(C)C(=O)OCC(=O)Nc1ccccc1Oc1ccccc1. The number of ether oxygens (including phenoxy) is 2. The van der Waals surface area contributed by atoms with E-state index >= 15 is 0 Å². The minimum atomic E-state index is -0.414. The lowest BCUT2D eigenvalue weighted by Crippen LogP contribution is -2.23. The van der Waals surface area contributed by atoms with Gasteiger partial charge in [0.1, 0.15) is 5.75 Å². The molecule has 1 amide bonds. The molecule has 0 atom stereocenters. The summed E-state index contributed by atoms with van der Waals surface area (Å²) in [5.74, 6) is 0.0938. The molecule has 5 nitrogen and oxygen atoms in total. The molecule has 0 spiro atoms. The standard InChI is InChI=1S/C18H19NO4/c1-13(2)18(21)22-12-17(20)19-15-10-6-7-11-16(15)23-14-8-4-3-5-9-14/h3-11,13H,12H2,1-2H3,(H,19,20). The molecule has 0 aliphatic rings. The fourth-order valence-corrected chi connectivity index (χ4v) is 1.76. The maximum absolute atomic E-state index is 11.9. The predicted octanol–water partition coefficient (Wildman–Crippen LogP) is 3.62. The summed E-state index contributed by atoms with van der Waals surface area (Å²) in [6.07, 6.45) is 0. The lowest BCUT2D eigenvalue weighted by molar-refractivity contribution is -0.150. The van der Waals surface area contributed by atoms with Crippen molar-refractivity contribution in [2.75, 3.05) is 11.9 Å². The molecular formula is C18H19NO4. The smallest absolute Gasteiger partial charge is 0.308 e. The molecule has 2 aromatic carbocycles. The quantitative estimate of drug-likeness (QED) is 0.827. The van der Waals surface area contributed by atoms with Crippen molar-refractivity contribution in [2.24, 2.45) is 5.92 Å².